The number of furan rings is 1. The number of ether oxygens (including phenoxy) is 1. The van der Waals surface area contributed by atoms with Gasteiger partial charge in [-0.25, -0.2) is 4.98 Å². The minimum atomic E-state index is -0.168. The Labute approximate surface area is 168 Å². The van der Waals surface area contributed by atoms with Crippen molar-refractivity contribution < 1.29 is 13.9 Å². The van der Waals surface area contributed by atoms with Gasteiger partial charge in [-0.05, 0) is 42.8 Å². The lowest BCUT2D eigenvalue weighted by Gasteiger charge is -2.17. The molecule has 0 bridgehead atoms. The van der Waals surface area contributed by atoms with Crippen molar-refractivity contribution in [2.75, 3.05) is 12.0 Å². The molecule has 0 radical (unpaired) electrons. The molecule has 0 aliphatic heterocycles. The van der Waals surface area contributed by atoms with Gasteiger partial charge < -0.3 is 9.15 Å². The molecule has 0 aliphatic rings. The number of aromatic nitrogens is 1. The Hall–Kier alpha value is -2.35. The highest BCUT2D eigenvalue weighted by atomic mass is 35.5. The number of halogens is 1. The molecule has 0 spiro atoms. The van der Waals surface area contributed by atoms with Gasteiger partial charge in [0, 0.05) is 0 Å². The maximum Gasteiger partial charge on any atom is 0.270 e. The van der Waals surface area contributed by atoms with Crippen molar-refractivity contribution >= 4 is 55.5 Å². The van der Waals surface area contributed by atoms with Crippen LogP contribution in [-0.2, 0) is 6.54 Å². The lowest BCUT2D eigenvalue weighted by atomic mass is 10.2. The summed E-state index contributed by atoms with van der Waals surface area (Å²) in [6.07, 6.45) is 1.59. The molecule has 8 heteroatoms. The zero-order chi connectivity index (χ0) is 19.0. The number of methoxy groups -OCH3 is 1. The van der Waals surface area contributed by atoms with E-state index in [1.807, 2.05) is 25.1 Å². The standard InChI is InChI=1S/C19H15ClN2O3S2/c1-11-5-6-13(24-2)16-17(11)27-19(21-16)22(10-12-4-3-9-25-12)18(23)14-7-8-15(20)26-14/h3-9H,10H2,1-2H3. The van der Waals surface area contributed by atoms with Gasteiger partial charge in [-0.3, -0.25) is 9.69 Å². The number of thiazole rings is 1. The summed E-state index contributed by atoms with van der Waals surface area (Å²) >= 11 is 8.72. The van der Waals surface area contributed by atoms with Gasteiger partial charge in [0.15, 0.2) is 5.13 Å². The quantitative estimate of drug-likeness (QED) is 0.413. The number of benzene rings is 1. The van der Waals surface area contributed by atoms with E-state index in [-0.39, 0.29) is 12.5 Å². The molecule has 1 aromatic carbocycles. The van der Waals surface area contributed by atoms with Crippen LogP contribution in [0.5, 0.6) is 5.75 Å². The fourth-order valence-electron chi connectivity index (χ4n) is 2.73. The third-order valence-electron chi connectivity index (χ3n) is 4.07. The summed E-state index contributed by atoms with van der Waals surface area (Å²) in [6, 6.07) is 11.0. The summed E-state index contributed by atoms with van der Waals surface area (Å²) in [4.78, 5) is 20.0. The topological polar surface area (TPSA) is 55.6 Å². The van der Waals surface area contributed by atoms with Crippen LogP contribution in [0.3, 0.4) is 0 Å². The van der Waals surface area contributed by atoms with Crippen LogP contribution in [0.25, 0.3) is 10.2 Å². The molecule has 27 heavy (non-hydrogen) atoms. The van der Waals surface area contributed by atoms with E-state index in [4.69, 9.17) is 25.7 Å². The first-order valence-corrected chi connectivity index (χ1v) is 10.1. The van der Waals surface area contributed by atoms with E-state index < -0.39 is 0 Å². The van der Waals surface area contributed by atoms with E-state index in [9.17, 15) is 4.79 Å². The molecular weight excluding hydrogens is 404 g/mol. The molecule has 0 N–H and O–H groups in total. The van der Waals surface area contributed by atoms with Crippen molar-refractivity contribution in [3.63, 3.8) is 0 Å². The van der Waals surface area contributed by atoms with Gasteiger partial charge in [0.2, 0.25) is 0 Å². The van der Waals surface area contributed by atoms with Crippen molar-refractivity contribution in [3.05, 3.63) is 63.2 Å². The van der Waals surface area contributed by atoms with Crippen molar-refractivity contribution in [2.45, 2.75) is 13.5 Å². The molecule has 0 saturated heterocycles. The van der Waals surface area contributed by atoms with Crippen LogP contribution < -0.4 is 9.64 Å². The Balaban J connectivity index is 1.81. The van der Waals surface area contributed by atoms with E-state index in [1.54, 1.807) is 36.5 Å². The minimum Gasteiger partial charge on any atom is -0.494 e. The van der Waals surface area contributed by atoms with E-state index in [2.05, 4.69) is 0 Å². The summed E-state index contributed by atoms with van der Waals surface area (Å²) in [7, 11) is 1.61. The van der Waals surface area contributed by atoms with Crippen molar-refractivity contribution in [3.8, 4) is 5.75 Å². The first kappa shape index (κ1) is 18.0. The molecular formula is C19H15ClN2O3S2. The molecule has 3 heterocycles. The lowest BCUT2D eigenvalue weighted by molar-refractivity contribution is 0.0987. The Morgan fingerprint density at radius 3 is 2.78 bits per heavy atom. The number of fused-ring (bicyclic) bond motifs is 1. The van der Waals surface area contributed by atoms with Crippen molar-refractivity contribution in [1.82, 2.24) is 4.98 Å². The molecule has 3 aromatic heterocycles. The minimum absolute atomic E-state index is 0.168. The van der Waals surface area contributed by atoms with Crippen LogP contribution in [0.1, 0.15) is 21.0 Å². The van der Waals surface area contributed by atoms with Gasteiger partial charge in [0.1, 0.15) is 17.0 Å². The van der Waals surface area contributed by atoms with Crippen molar-refractivity contribution in [2.24, 2.45) is 0 Å². The van der Waals surface area contributed by atoms with Crippen LogP contribution in [0.15, 0.2) is 47.1 Å². The zero-order valence-corrected chi connectivity index (χ0v) is 17.0. The molecule has 0 unspecified atom stereocenters. The SMILES string of the molecule is COc1ccc(C)c2sc(N(Cc3ccco3)C(=O)c3ccc(Cl)s3)nc12. The third-order valence-corrected chi connectivity index (χ3v) is 6.50. The average Bonchev–Trinajstić information content (AvgIpc) is 3.40. The molecule has 0 atom stereocenters. The average molecular weight is 419 g/mol. The molecule has 138 valence electrons. The highest BCUT2D eigenvalue weighted by molar-refractivity contribution is 7.22. The summed E-state index contributed by atoms with van der Waals surface area (Å²) in [5, 5.41) is 0.587. The number of anilines is 1. The lowest BCUT2D eigenvalue weighted by Crippen LogP contribution is -2.29. The molecule has 5 nitrogen and oxygen atoms in total. The molecule has 4 rings (SSSR count). The highest BCUT2D eigenvalue weighted by Gasteiger charge is 2.25. The first-order chi connectivity index (χ1) is 13.1. The fraction of sp³-hybridized carbons (Fsp3) is 0.158. The maximum absolute atomic E-state index is 13.2. The van der Waals surface area contributed by atoms with Gasteiger partial charge in [0.05, 0.1) is 33.8 Å². The third kappa shape index (κ3) is 3.45. The number of thiophene rings is 1. The Bertz CT molecular complexity index is 1100. The number of carbonyl (C=O) groups excluding carboxylic acids is 1. The predicted octanol–water partition coefficient (Wildman–Crippen LogP) is 5.77. The number of nitrogens with zero attached hydrogens (tertiary/aromatic N) is 2. The van der Waals surface area contributed by atoms with E-state index in [0.29, 0.717) is 25.9 Å². The van der Waals surface area contributed by atoms with Crippen LogP contribution in [0.2, 0.25) is 4.34 Å². The fourth-order valence-corrected chi connectivity index (χ4v) is 4.77. The number of hydrogen-bond donors (Lipinski definition) is 0. The Morgan fingerprint density at radius 2 is 2.11 bits per heavy atom. The maximum atomic E-state index is 13.2. The summed E-state index contributed by atoms with van der Waals surface area (Å²) < 4.78 is 12.5. The predicted molar refractivity (Wildman–Crippen MR) is 109 cm³/mol. The second-order valence-electron chi connectivity index (χ2n) is 5.83. The van der Waals surface area contributed by atoms with Crippen LogP contribution in [0, 0.1) is 6.92 Å². The van der Waals surface area contributed by atoms with Gasteiger partial charge in [-0.15, -0.1) is 11.3 Å². The summed E-state index contributed by atoms with van der Waals surface area (Å²) in [5.41, 5.74) is 1.83. The number of amides is 1. The Kier molecular flexibility index (Phi) is 4.90. The Morgan fingerprint density at radius 1 is 1.26 bits per heavy atom. The largest absolute Gasteiger partial charge is 0.494 e. The molecule has 0 fully saturated rings. The first-order valence-electron chi connectivity index (χ1n) is 8.10. The molecule has 1 amide bonds. The monoisotopic (exact) mass is 418 g/mol. The van der Waals surface area contributed by atoms with Crippen LogP contribution in [0.4, 0.5) is 5.13 Å². The van der Waals surface area contributed by atoms with Crippen molar-refractivity contribution in [1.29, 1.82) is 0 Å². The second-order valence-corrected chi connectivity index (χ2v) is 8.53. The second kappa shape index (κ2) is 7.34. The smallest absolute Gasteiger partial charge is 0.270 e. The summed E-state index contributed by atoms with van der Waals surface area (Å²) in [6.45, 7) is 2.30. The summed E-state index contributed by atoms with van der Waals surface area (Å²) in [5.74, 6) is 1.19. The highest BCUT2D eigenvalue weighted by Crippen LogP contribution is 2.37. The van der Waals surface area contributed by atoms with Gasteiger partial charge >= 0.3 is 0 Å². The number of carbonyl (C=O) groups is 1. The molecule has 0 aliphatic carbocycles. The van der Waals surface area contributed by atoms with Gasteiger partial charge in [-0.2, -0.15) is 0 Å². The number of rotatable bonds is 5. The van der Waals surface area contributed by atoms with E-state index in [1.165, 1.54) is 22.7 Å². The van der Waals surface area contributed by atoms with E-state index >= 15 is 0 Å². The number of aryl methyl sites for hydroxylation is 1. The van der Waals surface area contributed by atoms with Crippen LogP contribution in [-0.4, -0.2) is 18.0 Å². The van der Waals surface area contributed by atoms with Gasteiger partial charge in [0.25, 0.3) is 5.91 Å². The number of hydrogen-bond acceptors (Lipinski definition) is 6. The molecule has 0 saturated carbocycles. The zero-order valence-electron chi connectivity index (χ0n) is 14.6. The molecule has 4 aromatic rings. The van der Waals surface area contributed by atoms with E-state index in [0.717, 1.165) is 15.8 Å². The normalized spacial score (nSPS) is 11.1. The van der Waals surface area contributed by atoms with Gasteiger partial charge in [-0.1, -0.05) is 29.0 Å². The van der Waals surface area contributed by atoms with Crippen LogP contribution >= 0.6 is 34.3 Å².